The number of benzene rings is 1. The van der Waals surface area contributed by atoms with E-state index in [1.54, 1.807) is 12.1 Å². The smallest absolute Gasteiger partial charge is 0.387 e. The molecule has 1 heterocycles. The van der Waals surface area contributed by atoms with Crippen LogP contribution in [0.15, 0.2) is 23.2 Å². The van der Waals surface area contributed by atoms with E-state index >= 15 is 0 Å². The van der Waals surface area contributed by atoms with Gasteiger partial charge in [0, 0.05) is 43.7 Å². The number of hydrogen-bond acceptors (Lipinski definition) is 4. The summed E-state index contributed by atoms with van der Waals surface area (Å²) in [5, 5.41) is 6.49. The van der Waals surface area contributed by atoms with Gasteiger partial charge in [-0.05, 0) is 31.9 Å². The Balaban J connectivity index is 0.00000480. The molecule has 0 spiro atoms. The van der Waals surface area contributed by atoms with Crippen molar-refractivity contribution in [3.05, 3.63) is 23.8 Å². The second-order valence-electron chi connectivity index (χ2n) is 7.01. The molecular weight excluding hydrogens is 521 g/mol. The van der Waals surface area contributed by atoms with Gasteiger partial charge in [-0.3, -0.25) is 4.79 Å². The Hall–Kier alpha value is -1.85. The highest BCUT2D eigenvalue weighted by Crippen LogP contribution is 2.27. The quantitative estimate of drug-likeness (QED) is 0.262. The van der Waals surface area contributed by atoms with E-state index in [2.05, 4.69) is 20.4 Å². The first-order valence-corrected chi connectivity index (χ1v) is 10.5. The number of guanidine groups is 1. The molecule has 0 aromatic heterocycles. The van der Waals surface area contributed by atoms with Crippen molar-refractivity contribution in [3.63, 3.8) is 0 Å². The van der Waals surface area contributed by atoms with Gasteiger partial charge in [-0.2, -0.15) is 8.78 Å². The molecule has 2 N–H and O–H groups in total. The predicted octanol–water partition coefficient (Wildman–Crippen LogP) is 3.76. The normalized spacial score (nSPS) is 16.1. The first kappa shape index (κ1) is 27.2. The number of nitrogens with zero attached hydrogens (tertiary/aromatic N) is 2. The molecular formula is C21H33F2IN4O3. The maximum atomic E-state index is 12.8. The molecule has 1 aromatic rings. The SMILES string of the molecule is CCCOc1ccc(CN=C(NCC)NC2CCN(C(=O)CC)C2)c(OC(F)F)c1.I. The molecule has 1 aliphatic rings. The van der Waals surface area contributed by atoms with E-state index in [0.29, 0.717) is 43.4 Å². The molecule has 7 nitrogen and oxygen atoms in total. The zero-order valence-corrected chi connectivity index (χ0v) is 20.7. The van der Waals surface area contributed by atoms with Crippen LogP contribution in [0.3, 0.4) is 0 Å². The number of likely N-dealkylation sites (tertiary alicyclic amines) is 1. The molecule has 2 rings (SSSR count). The molecule has 10 heteroatoms. The lowest BCUT2D eigenvalue weighted by Crippen LogP contribution is -2.45. The maximum Gasteiger partial charge on any atom is 0.387 e. The number of carbonyl (C=O) groups excluding carboxylic acids is 1. The van der Waals surface area contributed by atoms with Crippen LogP contribution in [0.5, 0.6) is 11.5 Å². The summed E-state index contributed by atoms with van der Waals surface area (Å²) in [6.07, 6.45) is 2.14. The van der Waals surface area contributed by atoms with Gasteiger partial charge in [-0.1, -0.05) is 13.8 Å². The lowest BCUT2D eigenvalue weighted by Gasteiger charge is -2.19. The molecule has 176 valence electrons. The molecule has 1 unspecified atom stereocenters. The number of rotatable bonds is 10. The third-order valence-corrected chi connectivity index (χ3v) is 4.66. The number of hydrogen-bond donors (Lipinski definition) is 2. The summed E-state index contributed by atoms with van der Waals surface area (Å²) >= 11 is 0. The van der Waals surface area contributed by atoms with Crippen LogP contribution in [-0.2, 0) is 11.3 Å². The lowest BCUT2D eigenvalue weighted by molar-refractivity contribution is -0.129. The molecule has 0 saturated carbocycles. The van der Waals surface area contributed by atoms with Crippen LogP contribution in [0.25, 0.3) is 0 Å². The highest BCUT2D eigenvalue weighted by atomic mass is 127. The minimum Gasteiger partial charge on any atom is -0.493 e. The van der Waals surface area contributed by atoms with Gasteiger partial charge in [-0.25, -0.2) is 4.99 Å². The lowest BCUT2D eigenvalue weighted by atomic mass is 10.2. The van der Waals surface area contributed by atoms with Crippen molar-refractivity contribution in [2.24, 2.45) is 4.99 Å². The fourth-order valence-electron chi connectivity index (χ4n) is 3.19. The van der Waals surface area contributed by atoms with Crippen LogP contribution in [0, 0.1) is 0 Å². The third kappa shape index (κ3) is 9.04. The average Bonchev–Trinajstić information content (AvgIpc) is 3.19. The molecule has 1 fully saturated rings. The summed E-state index contributed by atoms with van der Waals surface area (Å²) in [6.45, 7) is 5.50. The van der Waals surface area contributed by atoms with Gasteiger partial charge in [-0.15, -0.1) is 24.0 Å². The first-order valence-electron chi connectivity index (χ1n) is 10.5. The number of carbonyl (C=O) groups is 1. The minimum absolute atomic E-state index is 0. The standard InChI is InChI=1S/C21H32F2N4O3.HI/c1-4-11-29-17-8-7-15(18(12-17)30-20(22)23)13-25-21(24-6-3)26-16-9-10-27(14-16)19(28)5-2;/h7-8,12,16,20H,4-6,9-11,13-14H2,1-3H3,(H2,24,25,26);1H. The second kappa shape index (κ2) is 14.3. The monoisotopic (exact) mass is 554 g/mol. The van der Waals surface area contributed by atoms with Gasteiger partial charge in [0.25, 0.3) is 0 Å². The molecule has 1 amide bonds. The Morgan fingerprint density at radius 1 is 1.32 bits per heavy atom. The molecule has 0 bridgehead atoms. The van der Waals surface area contributed by atoms with Gasteiger partial charge in [0.15, 0.2) is 5.96 Å². The highest BCUT2D eigenvalue weighted by molar-refractivity contribution is 14.0. The van der Waals surface area contributed by atoms with Crippen LogP contribution in [-0.4, -0.2) is 55.7 Å². The topological polar surface area (TPSA) is 75.2 Å². The van der Waals surface area contributed by atoms with Crippen molar-refractivity contribution in [1.82, 2.24) is 15.5 Å². The van der Waals surface area contributed by atoms with Gasteiger partial charge >= 0.3 is 6.61 Å². The van der Waals surface area contributed by atoms with E-state index in [4.69, 9.17) is 4.74 Å². The van der Waals surface area contributed by atoms with Crippen molar-refractivity contribution < 1.29 is 23.0 Å². The van der Waals surface area contributed by atoms with Crippen LogP contribution in [0.1, 0.15) is 45.6 Å². The average molecular weight is 554 g/mol. The highest BCUT2D eigenvalue weighted by Gasteiger charge is 2.25. The number of aliphatic imine (C=N–C) groups is 1. The number of alkyl halides is 2. The largest absolute Gasteiger partial charge is 0.493 e. The Morgan fingerprint density at radius 3 is 2.74 bits per heavy atom. The van der Waals surface area contributed by atoms with Gasteiger partial charge in [0.2, 0.25) is 5.91 Å². The summed E-state index contributed by atoms with van der Waals surface area (Å²) < 4.78 is 35.9. The molecule has 1 atom stereocenters. The first-order chi connectivity index (χ1) is 14.5. The van der Waals surface area contributed by atoms with Gasteiger partial charge in [0.1, 0.15) is 11.5 Å². The number of nitrogens with one attached hydrogen (secondary N) is 2. The van der Waals surface area contributed by atoms with Crippen molar-refractivity contribution in [3.8, 4) is 11.5 Å². The summed E-state index contributed by atoms with van der Waals surface area (Å²) in [7, 11) is 0. The van der Waals surface area contributed by atoms with Crippen LogP contribution < -0.4 is 20.1 Å². The van der Waals surface area contributed by atoms with E-state index in [9.17, 15) is 13.6 Å². The fraction of sp³-hybridized carbons (Fsp3) is 0.619. The molecule has 0 radical (unpaired) electrons. The van der Waals surface area contributed by atoms with Crippen molar-refractivity contribution in [2.45, 2.75) is 59.2 Å². The summed E-state index contributed by atoms with van der Waals surface area (Å²) in [5.74, 6) is 1.25. The Morgan fingerprint density at radius 2 is 2.10 bits per heavy atom. The van der Waals surface area contributed by atoms with E-state index in [1.165, 1.54) is 6.07 Å². The maximum absolute atomic E-state index is 12.8. The number of ether oxygens (including phenoxy) is 2. The van der Waals surface area contributed by atoms with Gasteiger partial charge in [0.05, 0.1) is 13.2 Å². The van der Waals surface area contributed by atoms with E-state index in [1.807, 2.05) is 25.7 Å². The van der Waals surface area contributed by atoms with Crippen molar-refractivity contribution in [1.29, 1.82) is 0 Å². The molecule has 1 aliphatic heterocycles. The molecule has 0 aliphatic carbocycles. The fourth-order valence-corrected chi connectivity index (χ4v) is 3.19. The van der Waals surface area contributed by atoms with E-state index in [0.717, 1.165) is 19.4 Å². The van der Waals surface area contributed by atoms with Crippen LogP contribution in [0.2, 0.25) is 0 Å². The zero-order valence-electron chi connectivity index (χ0n) is 18.3. The van der Waals surface area contributed by atoms with E-state index in [-0.39, 0.29) is 48.2 Å². The Kier molecular flexibility index (Phi) is 12.5. The zero-order chi connectivity index (χ0) is 21.9. The Labute approximate surface area is 200 Å². The second-order valence-corrected chi connectivity index (χ2v) is 7.01. The Bertz CT molecular complexity index is 722. The summed E-state index contributed by atoms with van der Waals surface area (Å²) in [6, 6.07) is 4.98. The van der Waals surface area contributed by atoms with Crippen molar-refractivity contribution >= 4 is 35.8 Å². The predicted molar refractivity (Wildman–Crippen MR) is 128 cm³/mol. The van der Waals surface area contributed by atoms with Crippen LogP contribution in [0.4, 0.5) is 8.78 Å². The third-order valence-electron chi connectivity index (χ3n) is 4.66. The molecule has 31 heavy (non-hydrogen) atoms. The molecule has 1 aromatic carbocycles. The number of halogens is 3. The molecule has 1 saturated heterocycles. The summed E-state index contributed by atoms with van der Waals surface area (Å²) in [5.41, 5.74) is 0.533. The van der Waals surface area contributed by atoms with Crippen LogP contribution >= 0.6 is 24.0 Å². The van der Waals surface area contributed by atoms with E-state index < -0.39 is 6.61 Å². The summed E-state index contributed by atoms with van der Waals surface area (Å²) in [4.78, 5) is 18.2. The number of amides is 1. The van der Waals surface area contributed by atoms with Gasteiger partial charge < -0.3 is 25.0 Å². The van der Waals surface area contributed by atoms with Crippen molar-refractivity contribution in [2.75, 3.05) is 26.2 Å². The minimum atomic E-state index is -2.93.